The van der Waals surface area contributed by atoms with Gasteiger partial charge in [-0.05, 0) is 60.2 Å². The zero-order chi connectivity index (χ0) is 58.6. The van der Waals surface area contributed by atoms with Crippen molar-refractivity contribution < 1.29 is 89.0 Å². The number of aliphatic hydroxyl groups excluding tert-OH is 10. The third-order valence-corrected chi connectivity index (χ3v) is 17.0. The highest BCUT2D eigenvalue weighted by atomic mass is 16.8. The second-order valence-corrected chi connectivity index (χ2v) is 25.8. The largest absolute Gasteiger partial charge is 0.394 e. The Labute approximate surface area is 476 Å². The highest BCUT2D eigenvalue weighted by Gasteiger charge is 2.54. The molecule has 0 aromatic carbocycles. The van der Waals surface area contributed by atoms with E-state index in [0.29, 0.717) is 36.9 Å². The molecule has 0 aliphatic carbocycles. The fourth-order valence-electron chi connectivity index (χ4n) is 11.3. The first kappa shape index (κ1) is 72.5. The van der Waals surface area contributed by atoms with Gasteiger partial charge in [-0.3, -0.25) is 0 Å². The smallest absolute Gasteiger partial charge is 0.187 e. The van der Waals surface area contributed by atoms with Crippen LogP contribution in [0.15, 0.2) is 0 Å². The molecule has 3 aliphatic heterocycles. The van der Waals surface area contributed by atoms with Crippen LogP contribution in [-0.4, -0.2) is 196 Å². The van der Waals surface area contributed by atoms with E-state index in [0.717, 1.165) is 49.4 Å². The lowest BCUT2D eigenvalue weighted by molar-refractivity contribution is -0.381. The summed E-state index contributed by atoms with van der Waals surface area (Å²) in [5.41, 5.74) is 0. The lowest BCUT2D eigenvalue weighted by Gasteiger charge is -2.48. The van der Waals surface area contributed by atoms with E-state index in [1.807, 2.05) is 0 Å². The van der Waals surface area contributed by atoms with Gasteiger partial charge in [0.25, 0.3) is 0 Å². The van der Waals surface area contributed by atoms with Crippen LogP contribution in [0.5, 0.6) is 0 Å². The number of ether oxygens (including phenoxy) is 8. The second kappa shape index (κ2) is 39.8. The fourth-order valence-corrected chi connectivity index (χ4v) is 11.3. The molecule has 3 rings (SSSR count). The molecular formula is C61H118O18. The summed E-state index contributed by atoms with van der Waals surface area (Å²) in [6.07, 6.45) is -1.21. The van der Waals surface area contributed by atoms with Crippen molar-refractivity contribution >= 4 is 0 Å². The van der Waals surface area contributed by atoms with Gasteiger partial charge in [0, 0.05) is 13.2 Å². The van der Waals surface area contributed by atoms with Crippen molar-refractivity contribution in [3.63, 3.8) is 0 Å². The van der Waals surface area contributed by atoms with Gasteiger partial charge in [0.05, 0.1) is 33.0 Å². The lowest BCUT2D eigenvalue weighted by Crippen LogP contribution is -2.66. The van der Waals surface area contributed by atoms with E-state index in [-0.39, 0.29) is 13.2 Å². The third kappa shape index (κ3) is 27.0. The maximum Gasteiger partial charge on any atom is 0.187 e. The summed E-state index contributed by atoms with van der Waals surface area (Å²) in [5, 5.41) is 107. The fraction of sp³-hybridized carbons (Fsp3) is 1.00. The molecule has 3 heterocycles. The van der Waals surface area contributed by atoms with E-state index in [4.69, 9.17) is 37.9 Å². The summed E-state index contributed by atoms with van der Waals surface area (Å²) in [6.45, 7) is 22.2. The first-order chi connectivity index (χ1) is 37.6. The molecule has 21 atom stereocenters. The van der Waals surface area contributed by atoms with Crippen molar-refractivity contribution in [1.29, 1.82) is 0 Å². The van der Waals surface area contributed by atoms with Crippen molar-refractivity contribution in [3.05, 3.63) is 0 Å². The summed E-state index contributed by atoms with van der Waals surface area (Å²) < 4.78 is 47.4. The standard InChI is InChI=1S/C61H118O18/c1-38(2)17-11-19-40(5)21-13-23-42(7)25-15-27-44(9)29-31-72-36-46(37-73-32-30-45(10)28-16-26-43(8)24-14-22-41(6)20-12-18-39(3)4)74-59-55(70)52(67)57(48(34-63)76-59)79-61-56(71)53(68)58(49(35-64)77-61)78-60-54(69)51(66)50(65)47(33-62)75-60/h38-71H,11-37H2,1-10H3/t40-,41-,42-,43-,44?,45?,46?,47-,48-,49-,50-,51+,52-,53-,54-,55-,56-,57-,58-,59-,60-,61-/m1/s1. The molecule has 3 fully saturated rings. The molecule has 0 bridgehead atoms. The van der Waals surface area contributed by atoms with Crippen molar-refractivity contribution in [2.75, 3.05) is 46.2 Å². The molecule has 0 aromatic heterocycles. The van der Waals surface area contributed by atoms with Crippen LogP contribution < -0.4 is 0 Å². The van der Waals surface area contributed by atoms with Crippen molar-refractivity contribution in [3.8, 4) is 0 Å². The molecule has 79 heavy (non-hydrogen) atoms. The molecule has 0 saturated carbocycles. The summed E-state index contributed by atoms with van der Waals surface area (Å²) in [7, 11) is 0. The number of aliphatic hydroxyl groups is 10. The normalized spacial score (nSPS) is 32.5. The van der Waals surface area contributed by atoms with Crippen molar-refractivity contribution in [2.45, 2.75) is 296 Å². The molecule has 0 radical (unpaired) electrons. The van der Waals surface area contributed by atoms with Crippen LogP contribution in [-0.2, 0) is 37.9 Å². The quantitative estimate of drug-likeness (QED) is 0.0282. The van der Waals surface area contributed by atoms with Crippen LogP contribution >= 0.6 is 0 Å². The average molecular weight is 1140 g/mol. The third-order valence-electron chi connectivity index (χ3n) is 17.0. The van der Waals surface area contributed by atoms with Gasteiger partial charge in [-0.15, -0.1) is 0 Å². The predicted molar refractivity (Wildman–Crippen MR) is 303 cm³/mol. The van der Waals surface area contributed by atoms with Gasteiger partial charge < -0.3 is 89.0 Å². The summed E-state index contributed by atoms with van der Waals surface area (Å²) in [5.74, 6) is 5.49. The molecule has 470 valence electrons. The average Bonchev–Trinajstić information content (AvgIpc) is 3.44. The summed E-state index contributed by atoms with van der Waals surface area (Å²) in [6, 6.07) is 0. The summed E-state index contributed by atoms with van der Waals surface area (Å²) >= 11 is 0. The maximum absolute atomic E-state index is 11.5. The zero-order valence-electron chi connectivity index (χ0n) is 50.7. The minimum absolute atomic E-state index is 0.116. The molecular weight excluding hydrogens is 1020 g/mol. The summed E-state index contributed by atoms with van der Waals surface area (Å²) in [4.78, 5) is 0. The van der Waals surface area contributed by atoms with Gasteiger partial charge >= 0.3 is 0 Å². The molecule has 0 amide bonds. The predicted octanol–water partition coefficient (Wildman–Crippen LogP) is 6.78. The van der Waals surface area contributed by atoms with Crippen LogP contribution in [0.25, 0.3) is 0 Å². The monoisotopic (exact) mass is 1140 g/mol. The number of rotatable bonds is 43. The van der Waals surface area contributed by atoms with Crippen LogP contribution in [0.4, 0.5) is 0 Å². The van der Waals surface area contributed by atoms with Gasteiger partial charge in [-0.2, -0.15) is 0 Å². The first-order valence-electron chi connectivity index (χ1n) is 31.3. The highest BCUT2D eigenvalue weighted by molar-refractivity contribution is 4.96. The van der Waals surface area contributed by atoms with Crippen LogP contribution in [0.1, 0.15) is 198 Å². The Balaban J connectivity index is 1.55. The Bertz CT molecular complexity index is 1440. The Morgan fingerprint density at radius 1 is 0.329 bits per heavy atom. The topological polar surface area (TPSA) is 276 Å². The molecule has 3 saturated heterocycles. The van der Waals surface area contributed by atoms with E-state index >= 15 is 0 Å². The van der Waals surface area contributed by atoms with Gasteiger partial charge in [0.1, 0.15) is 79.4 Å². The van der Waals surface area contributed by atoms with Crippen LogP contribution in [0.3, 0.4) is 0 Å². The van der Waals surface area contributed by atoms with E-state index < -0.39 is 118 Å². The maximum atomic E-state index is 11.5. The lowest BCUT2D eigenvalue weighted by atomic mass is 9.91. The van der Waals surface area contributed by atoms with Crippen molar-refractivity contribution in [2.24, 2.45) is 47.3 Å². The first-order valence-corrected chi connectivity index (χ1v) is 31.3. The van der Waals surface area contributed by atoms with E-state index in [1.54, 1.807) is 0 Å². The molecule has 18 nitrogen and oxygen atoms in total. The molecule has 0 spiro atoms. The Hall–Kier alpha value is -0.720. The van der Waals surface area contributed by atoms with Gasteiger partial charge in [-0.1, -0.05) is 185 Å². The molecule has 10 N–H and O–H groups in total. The van der Waals surface area contributed by atoms with Gasteiger partial charge in [0.15, 0.2) is 18.9 Å². The SMILES string of the molecule is CC(C)CCC[C@@H](C)CCC[C@@H](C)CCCC(C)CCOCC(COCCC(C)CCC[C@H](C)CCC[C@H](C)CCCC(C)C)O[C@@H]1O[C@H](CO)[C@@H](O[C@H]2O[C@H](CO)[C@@H](O[C@H]3O[C@H](CO)[C@@H](O)[C@H](O)[C@H]3O)[C@H](O)[C@H]2O)[C@H](O)[C@H]1O. The zero-order valence-corrected chi connectivity index (χ0v) is 50.7. The number of hydrogen-bond donors (Lipinski definition) is 10. The van der Waals surface area contributed by atoms with E-state index in [9.17, 15) is 51.1 Å². The molecule has 0 aromatic rings. The molecule has 18 heteroatoms. The molecule has 2 unspecified atom stereocenters. The van der Waals surface area contributed by atoms with Crippen molar-refractivity contribution in [1.82, 2.24) is 0 Å². The minimum atomic E-state index is -1.94. The number of hydrogen-bond acceptors (Lipinski definition) is 18. The van der Waals surface area contributed by atoms with Gasteiger partial charge in [-0.25, -0.2) is 0 Å². The Morgan fingerprint density at radius 3 is 0.962 bits per heavy atom. The van der Waals surface area contributed by atoms with E-state index in [2.05, 4.69) is 69.2 Å². The van der Waals surface area contributed by atoms with E-state index in [1.165, 1.54) is 103 Å². The molecule has 3 aliphatic rings. The van der Waals surface area contributed by atoms with Gasteiger partial charge in [0.2, 0.25) is 0 Å². The Morgan fingerprint density at radius 2 is 0.620 bits per heavy atom. The second-order valence-electron chi connectivity index (χ2n) is 25.8. The minimum Gasteiger partial charge on any atom is -0.394 e. The van der Waals surface area contributed by atoms with Crippen LogP contribution in [0, 0.1) is 47.3 Å². The van der Waals surface area contributed by atoms with Crippen LogP contribution in [0.2, 0.25) is 0 Å². The highest BCUT2D eigenvalue weighted by Crippen LogP contribution is 2.34. The Kier molecular flexibility index (Phi) is 36.6.